The van der Waals surface area contributed by atoms with E-state index in [-0.39, 0.29) is 5.91 Å². The Hall–Kier alpha value is -2.93. The molecule has 0 aliphatic carbocycles. The summed E-state index contributed by atoms with van der Waals surface area (Å²) in [5, 5.41) is 14.1. The fourth-order valence-corrected chi connectivity index (χ4v) is 2.25. The van der Waals surface area contributed by atoms with Crippen molar-refractivity contribution in [3.05, 3.63) is 59.4 Å². The molecule has 8 heteroatoms. The van der Waals surface area contributed by atoms with Crippen molar-refractivity contribution in [1.82, 2.24) is 20.2 Å². The molecular formula is C15H12ClN5O2. The number of amides is 1. The van der Waals surface area contributed by atoms with E-state index in [9.17, 15) is 4.79 Å². The van der Waals surface area contributed by atoms with Crippen LogP contribution in [-0.4, -0.2) is 33.2 Å². The van der Waals surface area contributed by atoms with Gasteiger partial charge in [0, 0.05) is 11.3 Å². The van der Waals surface area contributed by atoms with Crippen LogP contribution >= 0.6 is 11.6 Å². The summed E-state index contributed by atoms with van der Waals surface area (Å²) in [5.74, 6) is 0.310. The summed E-state index contributed by atoms with van der Waals surface area (Å²) in [6, 6.07) is 11.9. The van der Waals surface area contributed by atoms with Gasteiger partial charge in [-0.3, -0.25) is 4.79 Å². The molecule has 0 saturated carbocycles. The molecule has 3 rings (SSSR count). The number of halogens is 1. The second-order valence-corrected chi connectivity index (χ2v) is 5.01. The minimum Gasteiger partial charge on any atom is -0.495 e. The third kappa shape index (κ3) is 3.29. The molecule has 0 spiro atoms. The third-order valence-electron chi connectivity index (χ3n) is 3.15. The molecule has 0 aliphatic rings. The van der Waals surface area contributed by atoms with Gasteiger partial charge in [0.2, 0.25) is 0 Å². The van der Waals surface area contributed by atoms with Gasteiger partial charge < -0.3 is 10.1 Å². The van der Waals surface area contributed by atoms with Gasteiger partial charge in [0.05, 0.1) is 17.8 Å². The highest BCUT2D eigenvalue weighted by atomic mass is 35.5. The van der Waals surface area contributed by atoms with Crippen LogP contribution in [0.15, 0.2) is 48.8 Å². The Labute approximate surface area is 136 Å². The summed E-state index contributed by atoms with van der Waals surface area (Å²) in [5.41, 5.74) is 1.86. The molecule has 7 nitrogen and oxygen atoms in total. The highest BCUT2D eigenvalue weighted by molar-refractivity contribution is 6.32. The molecule has 1 amide bonds. The van der Waals surface area contributed by atoms with Crippen molar-refractivity contribution in [3.8, 4) is 11.4 Å². The number of nitrogens with one attached hydrogen (secondary N) is 1. The van der Waals surface area contributed by atoms with Crippen LogP contribution in [0.3, 0.4) is 0 Å². The van der Waals surface area contributed by atoms with Gasteiger partial charge in [0.25, 0.3) is 5.91 Å². The van der Waals surface area contributed by atoms with Crippen LogP contribution in [0.1, 0.15) is 10.4 Å². The highest BCUT2D eigenvalue weighted by Gasteiger charge is 2.08. The van der Waals surface area contributed by atoms with Gasteiger partial charge in [-0.15, -0.1) is 5.10 Å². The Morgan fingerprint density at radius 3 is 2.61 bits per heavy atom. The van der Waals surface area contributed by atoms with Crippen LogP contribution in [0.5, 0.6) is 5.75 Å². The van der Waals surface area contributed by atoms with Crippen LogP contribution in [0, 0.1) is 0 Å². The summed E-state index contributed by atoms with van der Waals surface area (Å²) in [7, 11) is 1.53. The zero-order valence-electron chi connectivity index (χ0n) is 12.1. The van der Waals surface area contributed by atoms with Crippen LogP contribution in [0.4, 0.5) is 5.69 Å². The molecule has 116 valence electrons. The SMILES string of the molecule is COc1ccc(NC(=O)c2ccc(-n3cnnn3)cc2)cc1Cl. The van der Waals surface area contributed by atoms with E-state index in [1.807, 2.05) is 0 Å². The Morgan fingerprint density at radius 2 is 2.00 bits per heavy atom. The number of hydrogen-bond donors (Lipinski definition) is 1. The van der Waals surface area contributed by atoms with Crippen LogP contribution < -0.4 is 10.1 Å². The second-order valence-electron chi connectivity index (χ2n) is 4.60. The van der Waals surface area contributed by atoms with Gasteiger partial charge in [-0.2, -0.15) is 0 Å². The number of benzene rings is 2. The van der Waals surface area contributed by atoms with E-state index in [2.05, 4.69) is 20.8 Å². The molecule has 0 saturated heterocycles. The van der Waals surface area contributed by atoms with Crippen molar-refractivity contribution in [2.24, 2.45) is 0 Å². The third-order valence-corrected chi connectivity index (χ3v) is 3.45. The average molecular weight is 330 g/mol. The van der Waals surface area contributed by atoms with Gasteiger partial charge in [-0.1, -0.05) is 11.6 Å². The van der Waals surface area contributed by atoms with Crippen LogP contribution in [0.25, 0.3) is 5.69 Å². The fraction of sp³-hybridized carbons (Fsp3) is 0.0667. The number of methoxy groups -OCH3 is 1. The maximum Gasteiger partial charge on any atom is 0.255 e. The Kier molecular flexibility index (Phi) is 4.20. The number of aromatic nitrogens is 4. The van der Waals surface area contributed by atoms with Gasteiger partial charge in [-0.25, -0.2) is 4.68 Å². The lowest BCUT2D eigenvalue weighted by molar-refractivity contribution is 0.102. The van der Waals surface area contributed by atoms with Gasteiger partial charge in [0.15, 0.2) is 0 Å². The normalized spacial score (nSPS) is 10.3. The van der Waals surface area contributed by atoms with Crippen LogP contribution in [0.2, 0.25) is 5.02 Å². The van der Waals surface area contributed by atoms with E-state index < -0.39 is 0 Å². The summed E-state index contributed by atoms with van der Waals surface area (Å²) < 4.78 is 6.58. The first-order valence-electron chi connectivity index (χ1n) is 6.65. The van der Waals surface area contributed by atoms with E-state index in [0.717, 1.165) is 5.69 Å². The second kappa shape index (κ2) is 6.45. The smallest absolute Gasteiger partial charge is 0.255 e. The zero-order chi connectivity index (χ0) is 16.2. The van der Waals surface area contributed by atoms with E-state index in [1.165, 1.54) is 18.1 Å². The molecule has 0 atom stereocenters. The van der Waals surface area contributed by atoms with Crippen molar-refractivity contribution in [2.45, 2.75) is 0 Å². The largest absolute Gasteiger partial charge is 0.495 e. The first-order valence-corrected chi connectivity index (χ1v) is 7.03. The highest BCUT2D eigenvalue weighted by Crippen LogP contribution is 2.27. The van der Waals surface area contributed by atoms with Crippen molar-refractivity contribution < 1.29 is 9.53 Å². The number of ether oxygens (including phenoxy) is 1. The van der Waals surface area contributed by atoms with E-state index >= 15 is 0 Å². The Morgan fingerprint density at radius 1 is 1.22 bits per heavy atom. The predicted molar refractivity (Wildman–Crippen MR) is 85.1 cm³/mol. The van der Waals surface area contributed by atoms with Gasteiger partial charge in [0.1, 0.15) is 12.1 Å². The quantitative estimate of drug-likeness (QED) is 0.795. The standard InChI is InChI=1S/C15H12ClN5O2/c1-23-14-7-4-11(8-13(14)16)18-15(22)10-2-5-12(6-3-10)21-9-17-19-20-21/h2-9H,1H3,(H,18,22). The molecule has 0 unspecified atom stereocenters. The zero-order valence-corrected chi connectivity index (χ0v) is 12.9. The number of carbonyl (C=O) groups is 1. The van der Waals surface area contributed by atoms with Gasteiger partial charge >= 0.3 is 0 Å². The molecule has 1 aromatic heterocycles. The molecular weight excluding hydrogens is 318 g/mol. The van der Waals surface area contributed by atoms with Crippen LogP contribution in [-0.2, 0) is 0 Å². The molecule has 1 N–H and O–H groups in total. The van der Waals surface area contributed by atoms with E-state index in [1.54, 1.807) is 42.5 Å². The molecule has 23 heavy (non-hydrogen) atoms. The fourth-order valence-electron chi connectivity index (χ4n) is 1.99. The lowest BCUT2D eigenvalue weighted by atomic mass is 10.2. The monoisotopic (exact) mass is 329 g/mol. The first-order chi connectivity index (χ1) is 11.2. The molecule has 0 aliphatic heterocycles. The molecule has 3 aromatic rings. The van der Waals surface area contributed by atoms with Crippen molar-refractivity contribution >= 4 is 23.2 Å². The number of nitrogens with zero attached hydrogens (tertiary/aromatic N) is 4. The molecule has 0 bridgehead atoms. The predicted octanol–water partition coefficient (Wildman–Crippen LogP) is 2.58. The first kappa shape index (κ1) is 15.0. The number of anilines is 1. The van der Waals surface area contributed by atoms with Gasteiger partial charge in [-0.05, 0) is 52.9 Å². The molecule has 0 radical (unpaired) electrons. The summed E-state index contributed by atoms with van der Waals surface area (Å²) >= 11 is 6.04. The maximum atomic E-state index is 12.2. The van der Waals surface area contributed by atoms with Crippen molar-refractivity contribution in [3.63, 3.8) is 0 Å². The maximum absolute atomic E-state index is 12.2. The summed E-state index contributed by atoms with van der Waals surface area (Å²) in [4.78, 5) is 12.2. The number of rotatable bonds is 4. The van der Waals surface area contributed by atoms with E-state index in [0.29, 0.717) is 22.0 Å². The Bertz CT molecular complexity index is 818. The topological polar surface area (TPSA) is 81.9 Å². The average Bonchev–Trinajstić information content (AvgIpc) is 3.09. The number of carbonyl (C=O) groups excluding carboxylic acids is 1. The summed E-state index contributed by atoms with van der Waals surface area (Å²) in [6.45, 7) is 0. The lowest BCUT2D eigenvalue weighted by Gasteiger charge is -2.08. The molecule has 0 fully saturated rings. The molecule has 2 aromatic carbocycles. The van der Waals surface area contributed by atoms with Crippen molar-refractivity contribution in [1.29, 1.82) is 0 Å². The van der Waals surface area contributed by atoms with E-state index in [4.69, 9.17) is 16.3 Å². The lowest BCUT2D eigenvalue weighted by Crippen LogP contribution is -2.12. The summed E-state index contributed by atoms with van der Waals surface area (Å²) in [6.07, 6.45) is 1.48. The molecule has 1 heterocycles. The number of hydrogen-bond acceptors (Lipinski definition) is 5. The number of tetrazole rings is 1. The Balaban J connectivity index is 1.74. The van der Waals surface area contributed by atoms with Crippen molar-refractivity contribution in [2.75, 3.05) is 12.4 Å². The minimum absolute atomic E-state index is 0.241. The minimum atomic E-state index is -0.241.